The van der Waals surface area contributed by atoms with Gasteiger partial charge in [-0.1, -0.05) is 62.4 Å². The fourth-order valence-corrected chi connectivity index (χ4v) is 1.75. The third-order valence-electron chi connectivity index (χ3n) is 3.20. The first-order valence-electron chi connectivity index (χ1n) is 7.08. The summed E-state index contributed by atoms with van der Waals surface area (Å²) in [5.41, 5.74) is 2.74. The van der Waals surface area contributed by atoms with Crippen molar-refractivity contribution in [3.8, 4) is 0 Å². The van der Waals surface area contributed by atoms with Crippen LogP contribution in [0.2, 0.25) is 0 Å². The van der Waals surface area contributed by atoms with Crippen LogP contribution < -0.4 is 10.2 Å². The van der Waals surface area contributed by atoms with Crippen LogP contribution >= 0.6 is 0 Å². The van der Waals surface area contributed by atoms with Gasteiger partial charge in [-0.25, -0.2) is 0 Å². The molecule has 23 heavy (non-hydrogen) atoms. The van der Waals surface area contributed by atoms with E-state index < -0.39 is 11.9 Å². The van der Waals surface area contributed by atoms with Crippen LogP contribution in [0, 0.1) is 0 Å². The number of carboxylic acid groups (broad SMARTS) is 2. The minimum atomic E-state index is -1.12. The number of carboxylic acids is 2. The van der Waals surface area contributed by atoms with Gasteiger partial charge in [0.05, 0.1) is 11.9 Å². The minimum absolute atomic E-state index is 0. The van der Waals surface area contributed by atoms with Gasteiger partial charge in [0, 0.05) is 0 Å². The summed E-state index contributed by atoms with van der Waals surface area (Å²) in [5.74, 6) is -2.24. The molecule has 125 valence electrons. The second-order valence-corrected chi connectivity index (χ2v) is 4.68. The molecule has 2 rings (SSSR count). The van der Waals surface area contributed by atoms with Crippen molar-refractivity contribution in [2.45, 2.75) is 26.7 Å². The molecule has 0 saturated heterocycles. The molecule has 2 aromatic carbocycles. The van der Waals surface area contributed by atoms with E-state index in [1.54, 1.807) is 48.5 Å². The predicted octanol–water partition coefficient (Wildman–Crippen LogP) is 1.22. The summed E-state index contributed by atoms with van der Waals surface area (Å²) >= 11 is 0. The Kier molecular flexibility index (Phi) is 9.63. The molecule has 4 nitrogen and oxygen atoms in total. The Bertz CT molecular complexity index is 561. The number of rotatable bonds is 4. The fraction of sp³-hybridized carbons (Fsp3) is 0.222. The first-order valence-corrected chi connectivity index (χ1v) is 7.08. The first-order chi connectivity index (χ1) is 10.5. The standard InChI is InChI=1S/2C9H10O2.Cu/c2*1-2-7-3-5-8(6-4-7)9(10)11;/h2*3-6H,2H2,1H3,(H,10,11);/q;;+2/p-2. The second kappa shape index (κ2) is 10.6. The molecule has 0 unspecified atom stereocenters. The normalized spacial score (nSPS) is 9.13. The van der Waals surface area contributed by atoms with Crippen LogP contribution in [0.1, 0.15) is 45.7 Å². The van der Waals surface area contributed by atoms with E-state index in [-0.39, 0.29) is 28.2 Å². The van der Waals surface area contributed by atoms with Crippen LogP contribution in [0.15, 0.2) is 48.5 Å². The van der Waals surface area contributed by atoms with E-state index in [2.05, 4.69) is 0 Å². The molecule has 0 aromatic heterocycles. The average Bonchev–Trinajstić information content (AvgIpc) is 2.55. The monoisotopic (exact) mass is 361 g/mol. The summed E-state index contributed by atoms with van der Waals surface area (Å²) in [5, 5.41) is 20.6. The maximum Gasteiger partial charge on any atom is 2.00 e. The molecule has 0 amide bonds. The van der Waals surface area contributed by atoms with E-state index in [1.807, 2.05) is 13.8 Å². The molecule has 0 N–H and O–H groups in total. The van der Waals surface area contributed by atoms with Crippen molar-refractivity contribution in [3.05, 3.63) is 70.8 Å². The Hall–Kier alpha value is -2.10. The number of aryl methyl sites for hydroxylation is 2. The number of hydrogen-bond donors (Lipinski definition) is 0. The Balaban J connectivity index is 0.000000403. The molecular weight excluding hydrogens is 344 g/mol. The SMILES string of the molecule is CCc1ccc(C(=O)[O-])cc1.CCc1ccc(C(=O)[O-])cc1.[Cu+2]. The van der Waals surface area contributed by atoms with E-state index >= 15 is 0 Å². The predicted molar refractivity (Wildman–Crippen MR) is 80.3 cm³/mol. The zero-order chi connectivity index (χ0) is 16.5. The molecule has 0 fully saturated rings. The largest absolute Gasteiger partial charge is 2.00 e. The van der Waals surface area contributed by atoms with Crippen molar-refractivity contribution in [1.29, 1.82) is 0 Å². The molecule has 0 aliphatic carbocycles. The van der Waals surface area contributed by atoms with Crippen molar-refractivity contribution >= 4 is 11.9 Å². The van der Waals surface area contributed by atoms with Crippen molar-refractivity contribution in [3.63, 3.8) is 0 Å². The summed E-state index contributed by atoms with van der Waals surface area (Å²) in [7, 11) is 0. The summed E-state index contributed by atoms with van der Waals surface area (Å²) in [6.07, 6.45) is 1.85. The van der Waals surface area contributed by atoms with Crippen molar-refractivity contribution < 1.29 is 36.9 Å². The maximum atomic E-state index is 10.3. The summed E-state index contributed by atoms with van der Waals surface area (Å²) in [6.45, 7) is 4.04. The summed E-state index contributed by atoms with van der Waals surface area (Å²) < 4.78 is 0. The second-order valence-electron chi connectivity index (χ2n) is 4.68. The van der Waals surface area contributed by atoms with E-state index in [0.717, 1.165) is 24.0 Å². The number of carbonyl (C=O) groups is 2. The topological polar surface area (TPSA) is 80.3 Å². The average molecular weight is 362 g/mol. The maximum absolute atomic E-state index is 10.3. The molecule has 5 heteroatoms. The van der Waals surface area contributed by atoms with Gasteiger partial charge in [-0.15, -0.1) is 0 Å². The van der Waals surface area contributed by atoms with Crippen molar-refractivity contribution in [2.24, 2.45) is 0 Å². The Morgan fingerprint density at radius 1 is 0.696 bits per heavy atom. The van der Waals surface area contributed by atoms with E-state index in [9.17, 15) is 19.8 Å². The Morgan fingerprint density at radius 3 is 1.13 bits per heavy atom. The summed E-state index contributed by atoms with van der Waals surface area (Å²) in [4.78, 5) is 20.6. The number of carbonyl (C=O) groups excluding carboxylic acids is 2. The van der Waals surface area contributed by atoms with Crippen LogP contribution in [-0.2, 0) is 29.9 Å². The van der Waals surface area contributed by atoms with Gasteiger partial charge in [0.1, 0.15) is 0 Å². The van der Waals surface area contributed by atoms with Gasteiger partial charge in [0.2, 0.25) is 0 Å². The van der Waals surface area contributed by atoms with Crippen LogP contribution in [-0.4, -0.2) is 11.9 Å². The van der Waals surface area contributed by atoms with Crippen molar-refractivity contribution in [2.75, 3.05) is 0 Å². The zero-order valence-electron chi connectivity index (χ0n) is 13.0. The molecule has 0 bridgehead atoms. The van der Waals surface area contributed by atoms with Crippen molar-refractivity contribution in [1.82, 2.24) is 0 Å². The van der Waals surface area contributed by atoms with Crippen LogP contribution in [0.5, 0.6) is 0 Å². The Labute approximate surface area is 146 Å². The van der Waals surface area contributed by atoms with E-state index in [4.69, 9.17) is 0 Å². The van der Waals surface area contributed by atoms with Gasteiger partial charge in [-0.2, -0.15) is 0 Å². The van der Waals surface area contributed by atoms with Gasteiger partial charge >= 0.3 is 17.1 Å². The molecular formula is C18H18CuO4. The number of aromatic carboxylic acids is 2. The molecule has 0 atom stereocenters. The number of hydrogen-bond acceptors (Lipinski definition) is 4. The van der Waals surface area contributed by atoms with Gasteiger partial charge < -0.3 is 19.8 Å². The smallest absolute Gasteiger partial charge is 0.545 e. The van der Waals surface area contributed by atoms with Gasteiger partial charge in [0.15, 0.2) is 0 Å². The molecule has 0 heterocycles. The van der Waals surface area contributed by atoms with Crippen LogP contribution in [0.25, 0.3) is 0 Å². The van der Waals surface area contributed by atoms with E-state index in [1.165, 1.54) is 0 Å². The van der Waals surface area contributed by atoms with Gasteiger partial charge in [-0.05, 0) is 35.1 Å². The molecule has 2 aromatic rings. The fourth-order valence-electron chi connectivity index (χ4n) is 1.75. The molecule has 0 saturated carbocycles. The Morgan fingerprint density at radius 2 is 0.957 bits per heavy atom. The third kappa shape index (κ3) is 7.13. The van der Waals surface area contributed by atoms with Crippen LogP contribution in [0.4, 0.5) is 0 Å². The summed E-state index contributed by atoms with van der Waals surface area (Å²) in [6, 6.07) is 13.4. The zero-order valence-corrected chi connectivity index (χ0v) is 13.9. The third-order valence-corrected chi connectivity index (χ3v) is 3.20. The molecule has 1 radical (unpaired) electrons. The molecule has 0 spiro atoms. The first kappa shape index (κ1) is 20.9. The van der Waals surface area contributed by atoms with Gasteiger partial charge in [0.25, 0.3) is 0 Å². The number of benzene rings is 2. The quantitative estimate of drug-likeness (QED) is 0.767. The van der Waals surface area contributed by atoms with Crippen LogP contribution in [0.3, 0.4) is 0 Å². The molecule has 0 aliphatic rings. The molecule has 0 aliphatic heterocycles. The van der Waals surface area contributed by atoms with Gasteiger partial charge in [-0.3, -0.25) is 0 Å². The minimum Gasteiger partial charge on any atom is -0.545 e. The van der Waals surface area contributed by atoms with E-state index in [0.29, 0.717) is 0 Å².